The van der Waals surface area contributed by atoms with E-state index < -0.39 is 16.1 Å². The number of sulfonamides is 1. The van der Waals surface area contributed by atoms with E-state index in [0.717, 1.165) is 5.56 Å². The van der Waals surface area contributed by atoms with Crippen LogP contribution in [0.25, 0.3) is 0 Å². The maximum atomic E-state index is 11.2. The average Bonchev–Trinajstić information content (AvgIpc) is 2.58. The van der Waals surface area contributed by atoms with Crippen LogP contribution in [0.1, 0.15) is 5.56 Å². The first-order valence-corrected chi connectivity index (χ1v) is 6.17. The maximum Gasteiger partial charge on any atom is 0.319 e. The van der Waals surface area contributed by atoms with Gasteiger partial charge in [-0.2, -0.15) is 0 Å². The number of hydrogen-bond donors (Lipinski definition) is 2. The molecule has 1 aromatic carbocycles. The third kappa shape index (κ3) is 1.74. The van der Waals surface area contributed by atoms with Gasteiger partial charge in [-0.25, -0.2) is 18.4 Å². The number of carbonyl (C=O) groups excluding carboxylic acids is 1. The Morgan fingerprint density at radius 1 is 1.38 bits per heavy atom. The van der Waals surface area contributed by atoms with Gasteiger partial charge in [0.15, 0.2) is 0 Å². The minimum Gasteiger partial charge on any atom is -0.351 e. The smallest absolute Gasteiger partial charge is 0.319 e. The van der Waals surface area contributed by atoms with Crippen molar-refractivity contribution in [3.05, 3.63) is 23.8 Å². The molecule has 0 spiro atoms. The first-order chi connectivity index (χ1) is 7.39. The number of urea groups is 1. The first-order valence-electron chi connectivity index (χ1n) is 4.62. The summed E-state index contributed by atoms with van der Waals surface area (Å²) < 4.78 is 22.3. The zero-order chi connectivity index (χ0) is 11.9. The van der Waals surface area contributed by atoms with E-state index >= 15 is 0 Å². The lowest BCUT2D eigenvalue weighted by Crippen LogP contribution is -2.34. The van der Waals surface area contributed by atoms with Gasteiger partial charge >= 0.3 is 6.03 Å². The van der Waals surface area contributed by atoms with Crippen LogP contribution in [-0.2, 0) is 16.4 Å². The standard InChI is InChI=1S/C9H11N3O3S/c10-9(13)12-4-3-6-1-2-7(5-8(6)12)16(11,14)15/h1-2,5H,3-4H2,(H2,10,13)(H2,11,14,15). The largest absolute Gasteiger partial charge is 0.351 e. The number of carbonyl (C=O) groups is 1. The lowest BCUT2D eigenvalue weighted by atomic mass is 10.2. The molecule has 2 amide bonds. The van der Waals surface area contributed by atoms with Gasteiger partial charge in [0.25, 0.3) is 0 Å². The second-order valence-electron chi connectivity index (χ2n) is 3.58. The number of anilines is 1. The highest BCUT2D eigenvalue weighted by Gasteiger charge is 2.24. The quantitative estimate of drug-likeness (QED) is 0.709. The topological polar surface area (TPSA) is 106 Å². The second-order valence-corrected chi connectivity index (χ2v) is 5.14. The Bertz CT molecular complexity index is 553. The van der Waals surface area contributed by atoms with E-state index in [1.807, 2.05) is 0 Å². The molecule has 7 heteroatoms. The normalized spacial score (nSPS) is 14.9. The molecule has 86 valence electrons. The molecule has 0 saturated heterocycles. The highest BCUT2D eigenvalue weighted by Crippen LogP contribution is 2.29. The van der Waals surface area contributed by atoms with Crippen molar-refractivity contribution >= 4 is 21.7 Å². The molecule has 6 nitrogen and oxygen atoms in total. The Morgan fingerprint density at radius 3 is 2.62 bits per heavy atom. The van der Waals surface area contributed by atoms with Crippen LogP contribution >= 0.6 is 0 Å². The monoisotopic (exact) mass is 241 g/mol. The number of hydrogen-bond acceptors (Lipinski definition) is 3. The summed E-state index contributed by atoms with van der Waals surface area (Å²) in [4.78, 5) is 12.4. The Kier molecular flexibility index (Phi) is 2.36. The van der Waals surface area contributed by atoms with Gasteiger partial charge < -0.3 is 5.73 Å². The molecule has 0 bridgehead atoms. The van der Waals surface area contributed by atoms with Gasteiger partial charge in [-0.3, -0.25) is 4.90 Å². The summed E-state index contributed by atoms with van der Waals surface area (Å²) in [6, 6.07) is 3.87. The van der Waals surface area contributed by atoms with Gasteiger partial charge in [0.2, 0.25) is 10.0 Å². The minimum absolute atomic E-state index is 0.0144. The summed E-state index contributed by atoms with van der Waals surface area (Å²) in [6.07, 6.45) is 0.670. The van der Waals surface area contributed by atoms with Crippen molar-refractivity contribution in [3.8, 4) is 0 Å². The van der Waals surface area contributed by atoms with Crippen LogP contribution in [0.2, 0.25) is 0 Å². The molecule has 0 radical (unpaired) electrons. The highest BCUT2D eigenvalue weighted by atomic mass is 32.2. The SMILES string of the molecule is NC(=O)N1CCc2ccc(S(N)(=O)=O)cc21. The number of nitrogens with two attached hydrogens (primary N) is 2. The molecule has 0 saturated carbocycles. The molecule has 0 aliphatic carbocycles. The fourth-order valence-electron chi connectivity index (χ4n) is 1.76. The van der Waals surface area contributed by atoms with Gasteiger partial charge in [-0.15, -0.1) is 0 Å². The van der Waals surface area contributed by atoms with E-state index in [-0.39, 0.29) is 4.90 Å². The Balaban J connectivity index is 2.54. The number of nitrogens with zero attached hydrogens (tertiary/aromatic N) is 1. The lowest BCUT2D eigenvalue weighted by Gasteiger charge is -2.14. The average molecular weight is 241 g/mol. The molecule has 1 aliphatic heterocycles. The predicted octanol–water partition coefficient (Wildman–Crippen LogP) is -0.225. The fraction of sp³-hybridized carbons (Fsp3) is 0.222. The fourth-order valence-corrected chi connectivity index (χ4v) is 2.30. The van der Waals surface area contributed by atoms with E-state index in [9.17, 15) is 13.2 Å². The van der Waals surface area contributed by atoms with Gasteiger partial charge in [0.1, 0.15) is 0 Å². The Labute approximate surface area is 92.9 Å². The predicted molar refractivity (Wildman–Crippen MR) is 58.4 cm³/mol. The number of primary amides is 1. The maximum absolute atomic E-state index is 11.2. The van der Waals surface area contributed by atoms with E-state index in [2.05, 4.69) is 0 Å². The van der Waals surface area contributed by atoms with Gasteiger partial charge in [-0.05, 0) is 24.1 Å². The number of benzene rings is 1. The van der Waals surface area contributed by atoms with Gasteiger partial charge in [0.05, 0.1) is 10.6 Å². The summed E-state index contributed by atoms with van der Waals surface area (Å²) in [7, 11) is -3.75. The zero-order valence-electron chi connectivity index (χ0n) is 8.38. The summed E-state index contributed by atoms with van der Waals surface area (Å²) >= 11 is 0. The van der Waals surface area contributed by atoms with Crippen molar-refractivity contribution in [2.75, 3.05) is 11.4 Å². The molecule has 1 aromatic rings. The molecular weight excluding hydrogens is 230 g/mol. The molecule has 0 unspecified atom stereocenters. The molecular formula is C9H11N3O3S. The van der Waals surface area contributed by atoms with Crippen LogP contribution in [0.15, 0.2) is 23.1 Å². The van der Waals surface area contributed by atoms with Crippen molar-refractivity contribution in [1.82, 2.24) is 0 Å². The Hall–Kier alpha value is -1.60. The van der Waals surface area contributed by atoms with Crippen LogP contribution < -0.4 is 15.8 Å². The lowest BCUT2D eigenvalue weighted by molar-refractivity contribution is 0.254. The van der Waals surface area contributed by atoms with Crippen LogP contribution in [0.3, 0.4) is 0 Å². The van der Waals surface area contributed by atoms with Crippen LogP contribution in [0.4, 0.5) is 10.5 Å². The van der Waals surface area contributed by atoms with Crippen molar-refractivity contribution in [2.45, 2.75) is 11.3 Å². The summed E-state index contributed by atoms with van der Waals surface area (Å²) in [5.41, 5.74) is 6.60. The molecule has 0 aromatic heterocycles. The van der Waals surface area contributed by atoms with Crippen molar-refractivity contribution in [3.63, 3.8) is 0 Å². The van der Waals surface area contributed by atoms with Gasteiger partial charge in [-0.1, -0.05) is 6.07 Å². The van der Waals surface area contributed by atoms with E-state index in [1.54, 1.807) is 6.07 Å². The van der Waals surface area contributed by atoms with E-state index in [1.165, 1.54) is 17.0 Å². The Morgan fingerprint density at radius 2 is 2.06 bits per heavy atom. The van der Waals surface area contributed by atoms with E-state index in [4.69, 9.17) is 10.9 Å². The highest BCUT2D eigenvalue weighted by molar-refractivity contribution is 7.89. The van der Waals surface area contributed by atoms with Crippen LogP contribution in [0.5, 0.6) is 0 Å². The summed E-state index contributed by atoms with van der Waals surface area (Å²) in [6.45, 7) is 0.471. The molecule has 1 heterocycles. The minimum atomic E-state index is -3.75. The number of amides is 2. The third-order valence-corrected chi connectivity index (χ3v) is 3.46. The second kappa shape index (κ2) is 3.46. The molecule has 1 aliphatic rings. The third-order valence-electron chi connectivity index (χ3n) is 2.55. The van der Waals surface area contributed by atoms with E-state index in [0.29, 0.717) is 18.7 Å². The van der Waals surface area contributed by atoms with Gasteiger partial charge in [0, 0.05) is 6.54 Å². The molecule has 0 atom stereocenters. The first kappa shape index (κ1) is 10.9. The number of primary sulfonamides is 1. The molecule has 0 fully saturated rings. The zero-order valence-corrected chi connectivity index (χ0v) is 9.20. The van der Waals surface area contributed by atoms with Crippen molar-refractivity contribution < 1.29 is 13.2 Å². The molecule has 16 heavy (non-hydrogen) atoms. The van der Waals surface area contributed by atoms with Crippen molar-refractivity contribution in [2.24, 2.45) is 10.9 Å². The summed E-state index contributed by atoms with van der Waals surface area (Å²) in [5, 5.41) is 5.01. The molecule has 4 N–H and O–H groups in total. The number of fused-ring (bicyclic) bond motifs is 1. The number of rotatable bonds is 1. The van der Waals surface area contributed by atoms with Crippen LogP contribution in [0, 0.1) is 0 Å². The van der Waals surface area contributed by atoms with Crippen LogP contribution in [-0.4, -0.2) is 21.0 Å². The molecule has 2 rings (SSSR count). The summed E-state index contributed by atoms with van der Waals surface area (Å²) in [5.74, 6) is 0. The van der Waals surface area contributed by atoms with Crippen molar-refractivity contribution in [1.29, 1.82) is 0 Å².